The van der Waals surface area contributed by atoms with E-state index in [1.54, 1.807) is 55.6 Å². The van der Waals surface area contributed by atoms with E-state index in [9.17, 15) is 9.59 Å². The summed E-state index contributed by atoms with van der Waals surface area (Å²) in [5.41, 5.74) is 2.25. The fourth-order valence-corrected chi connectivity index (χ4v) is 2.89. The molecule has 0 saturated heterocycles. The van der Waals surface area contributed by atoms with Crippen molar-refractivity contribution in [2.45, 2.75) is 19.4 Å². The van der Waals surface area contributed by atoms with Crippen LogP contribution >= 0.6 is 0 Å². The molecule has 6 heteroatoms. The summed E-state index contributed by atoms with van der Waals surface area (Å²) >= 11 is 0. The third-order valence-corrected chi connectivity index (χ3v) is 4.52. The average Bonchev–Trinajstić information content (AvgIpc) is 2.79. The van der Waals surface area contributed by atoms with Crippen molar-refractivity contribution in [3.63, 3.8) is 0 Å². The Balaban J connectivity index is 1.63. The number of amides is 1. The molecule has 0 aliphatic rings. The zero-order valence-corrected chi connectivity index (χ0v) is 17.5. The minimum Gasteiger partial charge on any atom is -0.497 e. The standard InChI is InChI=1S/C25H25NO5/c1-18-11-13-21(14-12-18)30-16-15-23(27)31-24(19-7-4-3-5-8-19)25(28)26-20-9-6-10-22(17-20)29-2/h3-14,17,24H,15-16H2,1-2H3,(H,26,28)/t24-/m0/s1. The number of nitrogens with one attached hydrogen (secondary N) is 1. The van der Waals surface area contributed by atoms with Crippen LogP contribution in [-0.4, -0.2) is 25.6 Å². The van der Waals surface area contributed by atoms with Crippen LogP contribution < -0.4 is 14.8 Å². The Morgan fingerprint density at radius 1 is 0.903 bits per heavy atom. The smallest absolute Gasteiger partial charge is 0.310 e. The maximum absolute atomic E-state index is 12.9. The Morgan fingerprint density at radius 2 is 1.65 bits per heavy atom. The Labute approximate surface area is 181 Å². The largest absolute Gasteiger partial charge is 0.497 e. The summed E-state index contributed by atoms with van der Waals surface area (Å²) in [5, 5.41) is 2.78. The van der Waals surface area contributed by atoms with E-state index in [1.807, 2.05) is 37.3 Å². The lowest BCUT2D eigenvalue weighted by Crippen LogP contribution is -2.26. The van der Waals surface area contributed by atoms with E-state index >= 15 is 0 Å². The van der Waals surface area contributed by atoms with Gasteiger partial charge in [0.15, 0.2) is 0 Å². The zero-order valence-electron chi connectivity index (χ0n) is 17.5. The average molecular weight is 419 g/mol. The molecule has 0 aromatic heterocycles. The van der Waals surface area contributed by atoms with Crippen LogP contribution in [0.2, 0.25) is 0 Å². The van der Waals surface area contributed by atoms with E-state index in [2.05, 4.69) is 5.32 Å². The van der Waals surface area contributed by atoms with Crippen molar-refractivity contribution in [1.29, 1.82) is 0 Å². The first-order chi connectivity index (χ1) is 15.0. The maximum atomic E-state index is 12.9. The molecule has 1 atom stereocenters. The highest BCUT2D eigenvalue weighted by Crippen LogP contribution is 2.23. The fourth-order valence-electron chi connectivity index (χ4n) is 2.89. The predicted molar refractivity (Wildman–Crippen MR) is 118 cm³/mol. The van der Waals surface area contributed by atoms with Gasteiger partial charge in [-0.25, -0.2) is 0 Å². The van der Waals surface area contributed by atoms with E-state index in [1.165, 1.54) is 0 Å². The molecule has 160 valence electrons. The fraction of sp³-hybridized carbons (Fsp3) is 0.200. The Morgan fingerprint density at radius 3 is 2.35 bits per heavy atom. The molecule has 31 heavy (non-hydrogen) atoms. The molecule has 0 aliphatic carbocycles. The molecule has 3 rings (SSSR count). The lowest BCUT2D eigenvalue weighted by Gasteiger charge is -2.18. The van der Waals surface area contributed by atoms with Gasteiger partial charge in [-0.05, 0) is 31.2 Å². The number of anilines is 1. The number of methoxy groups -OCH3 is 1. The van der Waals surface area contributed by atoms with Gasteiger partial charge in [0, 0.05) is 17.3 Å². The SMILES string of the molecule is COc1cccc(NC(=O)[C@@H](OC(=O)CCOc2ccc(C)cc2)c2ccccc2)c1. The highest BCUT2D eigenvalue weighted by atomic mass is 16.6. The molecule has 0 unspecified atom stereocenters. The van der Waals surface area contributed by atoms with Gasteiger partial charge in [0.25, 0.3) is 5.91 Å². The second kappa shape index (κ2) is 10.8. The lowest BCUT2D eigenvalue weighted by molar-refractivity contribution is -0.155. The summed E-state index contributed by atoms with van der Waals surface area (Å²) in [5.74, 6) is 0.308. The summed E-state index contributed by atoms with van der Waals surface area (Å²) < 4.78 is 16.3. The van der Waals surface area contributed by atoms with Crippen LogP contribution in [0.1, 0.15) is 23.7 Å². The van der Waals surface area contributed by atoms with Crippen molar-refractivity contribution in [3.05, 3.63) is 90.0 Å². The summed E-state index contributed by atoms with van der Waals surface area (Å²) in [6, 6.07) is 23.4. The summed E-state index contributed by atoms with van der Waals surface area (Å²) in [6.07, 6.45) is -1.07. The monoisotopic (exact) mass is 419 g/mol. The number of rotatable bonds is 9. The highest BCUT2D eigenvalue weighted by molar-refractivity contribution is 5.96. The number of hydrogen-bond acceptors (Lipinski definition) is 5. The van der Waals surface area contributed by atoms with Gasteiger partial charge in [0.1, 0.15) is 11.5 Å². The third kappa shape index (κ3) is 6.60. The molecule has 3 aromatic carbocycles. The number of ether oxygens (including phenoxy) is 3. The van der Waals surface area contributed by atoms with Crippen molar-refractivity contribution in [2.75, 3.05) is 19.0 Å². The Kier molecular flexibility index (Phi) is 7.65. The predicted octanol–water partition coefficient (Wildman–Crippen LogP) is 4.70. The van der Waals surface area contributed by atoms with Gasteiger partial charge in [-0.15, -0.1) is 0 Å². The molecule has 1 N–H and O–H groups in total. The van der Waals surface area contributed by atoms with E-state index in [0.29, 0.717) is 22.7 Å². The number of benzene rings is 3. The van der Waals surface area contributed by atoms with Crippen LogP contribution in [-0.2, 0) is 14.3 Å². The third-order valence-electron chi connectivity index (χ3n) is 4.52. The summed E-state index contributed by atoms with van der Waals surface area (Å²) in [7, 11) is 1.55. The quantitative estimate of drug-likeness (QED) is 0.509. The van der Waals surface area contributed by atoms with Gasteiger partial charge in [-0.3, -0.25) is 9.59 Å². The summed E-state index contributed by atoms with van der Waals surface area (Å²) in [4.78, 5) is 25.3. The molecule has 0 bridgehead atoms. The molecule has 3 aromatic rings. The lowest BCUT2D eigenvalue weighted by atomic mass is 10.1. The van der Waals surface area contributed by atoms with Gasteiger partial charge >= 0.3 is 5.97 Å². The van der Waals surface area contributed by atoms with Crippen LogP contribution in [0.4, 0.5) is 5.69 Å². The van der Waals surface area contributed by atoms with Crippen LogP contribution in [0, 0.1) is 6.92 Å². The zero-order chi connectivity index (χ0) is 22.1. The van der Waals surface area contributed by atoms with E-state index < -0.39 is 18.0 Å². The Hall–Kier alpha value is -3.80. The minimum atomic E-state index is -1.08. The molecular weight excluding hydrogens is 394 g/mol. The number of esters is 1. The molecule has 1 amide bonds. The van der Waals surface area contributed by atoms with Gasteiger partial charge in [0.05, 0.1) is 20.1 Å². The number of carbonyl (C=O) groups excluding carboxylic acids is 2. The van der Waals surface area contributed by atoms with Crippen molar-refractivity contribution in [1.82, 2.24) is 0 Å². The van der Waals surface area contributed by atoms with E-state index in [0.717, 1.165) is 5.56 Å². The summed E-state index contributed by atoms with van der Waals surface area (Å²) in [6.45, 7) is 2.14. The van der Waals surface area contributed by atoms with Crippen molar-refractivity contribution < 1.29 is 23.8 Å². The van der Waals surface area contributed by atoms with Crippen molar-refractivity contribution in [2.24, 2.45) is 0 Å². The Bertz CT molecular complexity index is 1000. The number of hydrogen-bond donors (Lipinski definition) is 1. The van der Waals surface area contributed by atoms with Gasteiger partial charge in [0.2, 0.25) is 6.10 Å². The van der Waals surface area contributed by atoms with Crippen LogP contribution in [0.5, 0.6) is 11.5 Å². The molecule has 6 nitrogen and oxygen atoms in total. The first-order valence-electron chi connectivity index (χ1n) is 9.94. The molecule has 0 aliphatic heterocycles. The van der Waals surface area contributed by atoms with E-state index in [4.69, 9.17) is 14.2 Å². The van der Waals surface area contributed by atoms with Gasteiger partial charge in [-0.2, -0.15) is 0 Å². The van der Waals surface area contributed by atoms with Crippen LogP contribution in [0.3, 0.4) is 0 Å². The second-order valence-corrected chi connectivity index (χ2v) is 6.91. The van der Waals surface area contributed by atoms with Crippen LogP contribution in [0.15, 0.2) is 78.9 Å². The minimum absolute atomic E-state index is 0.0175. The van der Waals surface area contributed by atoms with Gasteiger partial charge in [-0.1, -0.05) is 54.1 Å². The normalized spacial score (nSPS) is 11.3. The molecule has 0 radical (unpaired) electrons. The molecule has 0 fully saturated rings. The maximum Gasteiger partial charge on any atom is 0.310 e. The van der Waals surface area contributed by atoms with Crippen molar-refractivity contribution in [3.8, 4) is 11.5 Å². The second-order valence-electron chi connectivity index (χ2n) is 6.91. The molecule has 0 spiro atoms. The topological polar surface area (TPSA) is 73.9 Å². The molecule has 0 saturated carbocycles. The van der Waals surface area contributed by atoms with Crippen LogP contribution in [0.25, 0.3) is 0 Å². The first kappa shape index (κ1) is 21.9. The number of aryl methyl sites for hydroxylation is 1. The van der Waals surface area contributed by atoms with Gasteiger partial charge < -0.3 is 19.5 Å². The van der Waals surface area contributed by atoms with E-state index in [-0.39, 0.29) is 13.0 Å². The molecular formula is C25H25NO5. The number of carbonyl (C=O) groups is 2. The highest BCUT2D eigenvalue weighted by Gasteiger charge is 2.25. The first-order valence-corrected chi connectivity index (χ1v) is 9.94. The molecule has 0 heterocycles. The van der Waals surface area contributed by atoms with Crippen molar-refractivity contribution >= 4 is 17.6 Å².